The van der Waals surface area contributed by atoms with Crippen molar-refractivity contribution in [1.82, 2.24) is 9.88 Å². The third-order valence-electron chi connectivity index (χ3n) is 2.80. The number of aryl methyl sites for hydroxylation is 1. The molecule has 0 N–H and O–H groups in total. The molecule has 0 saturated heterocycles. The number of carbonyl (C=O) groups is 2. The molecule has 0 aliphatic carbocycles. The van der Waals surface area contributed by atoms with Crippen LogP contribution in [-0.2, 0) is 0 Å². The van der Waals surface area contributed by atoms with E-state index in [0.717, 1.165) is 18.2 Å². The molecule has 96 valence electrons. The molecule has 2 amide bonds. The molecule has 0 spiro atoms. The molecule has 1 aromatic rings. The first-order valence-corrected chi connectivity index (χ1v) is 7.15. The summed E-state index contributed by atoms with van der Waals surface area (Å²) in [7, 11) is 0. The van der Waals surface area contributed by atoms with Gasteiger partial charge in [-0.3, -0.25) is 14.5 Å². The number of aromatic nitrogens is 1. The highest BCUT2D eigenvalue weighted by Crippen LogP contribution is 2.28. The van der Waals surface area contributed by atoms with Gasteiger partial charge in [0.05, 0.1) is 11.1 Å². The van der Waals surface area contributed by atoms with Crippen molar-refractivity contribution in [2.75, 3.05) is 11.9 Å². The average molecular weight is 332 g/mol. The van der Waals surface area contributed by atoms with E-state index in [1.807, 2.05) is 0 Å². The molecule has 0 saturated carbocycles. The summed E-state index contributed by atoms with van der Waals surface area (Å²) in [6, 6.07) is 1.62. The highest BCUT2D eigenvalue weighted by molar-refractivity contribution is 9.09. The summed E-state index contributed by atoms with van der Waals surface area (Å²) >= 11 is 9.26. The average Bonchev–Trinajstić information content (AvgIpc) is 2.54. The highest BCUT2D eigenvalue weighted by atomic mass is 79.9. The lowest BCUT2D eigenvalue weighted by Gasteiger charge is -2.12. The Morgan fingerprint density at radius 1 is 1.33 bits per heavy atom. The zero-order valence-electron chi connectivity index (χ0n) is 9.87. The van der Waals surface area contributed by atoms with Gasteiger partial charge in [-0.2, -0.15) is 0 Å². The Labute approximate surface area is 118 Å². The van der Waals surface area contributed by atoms with E-state index in [1.54, 1.807) is 13.0 Å². The van der Waals surface area contributed by atoms with Crippen LogP contribution in [0.3, 0.4) is 0 Å². The highest BCUT2D eigenvalue weighted by Gasteiger charge is 2.37. The molecule has 0 fully saturated rings. The van der Waals surface area contributed by atoms with Gasteiger partial charge in [0.2, 0.25) is 0 Å². The summed E-state index contributed by atoms with van der Waals surface area (Å²) in [6.45, 7) is 2.17. The van der Waals surface area contributed by atoms with Crippen LogP contribution in [0.2, 0.25) is 5.15 Å². The summed E-state index contributed by atoms with van der Waals surface area (Å²) in [4.78, 5) is 29.5. The van der Waals surface area contributed by atoms with Gasteiger partial charge in [0.1, 0.15) is 5.15 Å². The van der Waals surface area contributed by atoms with E-state index < -0.39 is 0 Å². The van der Waals surface area contributed by atoms with E-state index in [9.17, 15) is 9.59 Å². The van der Waals surface area contributed by atoms with Crippen molar-refractivity contribution in [2.45, 2.75) is 19.8 Å². The first kappa shape index (κ1) is 13.5. The number of halogens is 2. The van der Waals surface area contributed by atoms with Crippen LogP contribution in [0.4, 0.5) is 0 Å². The quantitative estimate of drug-likeness (QED) is 0.369. The van der Waals surface area contributed by atoms with E-state index in [4.69, 9.17) is 11.6 Å². The largest absolute Gasteiger partial charge is 0.274 e. The van der Waals surface area contributed by atoms with Crippen LogP contribution in [0.5, 0.6) is 0 Å². The van der Waals surface area contributed by atoms with Crippen LogP contribution < -0.4 is 0 Å². The Hall–Kier alpha value is -0.940. The molecule has 6 heteroatoms. The van der Waals surface area contributed by atoms with Gasteiger partial charge < -0.3 is 0 Å². The molecular formula is C12H12BrClN2O2. The fourth-order valence-corrected chi connectivity index (χ4v) is 2.66. The van der Waals surface area contributed by atoms with Gasteiger partial charge in [0.25, 0.3) is 11.8 Å². The number of hydrogen-bond acceptors (Lipinski definition) is 3. The summed E-state index contributed by atoms with van der Waals surface area (Å²) < 4.78 is 0. The summed E-state index contributed by atoms with van der Waals surface area (Å²) in [5, 5.41) is 0.976. The molecule has 1 aliphatic rings. The van der Waals surface area contributed by atoms with E-state index in [1.165, 1.54) is 4.90 Å². The third-order valence-corrected chi connectivity index (χ3v) is 3.64. The summed E-state index contributed by atoms with van der Waals surface area (Å²) in [5.74, 6) is -0.598. The number of amides is 2. The van der Waals surface area contributed by atoms with E-state index >= 15 is 0 Å². The van der Waals surface area contributed by atoms with Crippen LogP contribution in [0.1, 0.15) is 39.3 Å². The van der Waals surface area contributed by atoms with Crippen LogP contribution in [0.15, 0.2) is 6.07 Å². The van der Waals surface area contributed by atoms with Crippen LogP contribution in [0, 0.1) is 6.92 Å². The lowest BCUT2D eigenvalue weighted by molar-refractivity contribution is 0.0652. The zero-order chi connectivity index (χ0) is 13.3. The van der Waals surface area contributed by atoms with Crippen molar-refractivity contribution >= 4 is 39.3 Å². The van der Waals surface area contributed by atoms with Crippen molar-refractivity contribution in [1.29, 1.82) is 0 Å². The number of fused-ring (bicyclic) bond motifs is 1. The molecule has 0 atom stereocenters. The maximum absolute atomic E-state index is 12.1. The predicted octanol–water partition coefficient (Wildman–Crippen LogP) is 2.81. The lowest BCUT2D eigenvalue weighted by Crippen LogP contribution is -2.30. The van der Waals surface area contributed by atoms with Crippen LogP contribution in [-0.4, -0.2) is 33.6 Å². The molecule has 0 aromatic carbocycles. The van der Waals surface area contributed by atoms with E-state index in [0.29, 0.717) is 17.8 Å². The smallest absolute Gasteiger partial charge is 0.264 e. The maximum atomic E-state index is 12.1. The van der Waals surface area contributed by atoms with Gasteiger partial charge in [-0.1, -0.05) is 27.5 Å². The van der Waals surface area contributed by atoms with Gasteiger partial charge in [0.15, 0.2) is 0 Å². The Balaban J connectivity index is 2.29. The van der Waals surface area contributed by atoms with Crippen molar-refractivity contribution in [3.63, 3.8) is 0 Å². The monoisotopic (exact) mass is 330 g/mol. The molecule has 4 nitrogen and oxygen atoms in total. The number of carbonyl (C=O) groups excluding carboxylic acids is 2. The molecular weight excluding hydrogens is 320 g/mol. The molecule has 1 aromatic heterocycles. The summed E-state index contributed by atoms with van der Waals surface area (Å²) in [6.07, 6.45) is 1.69. The minimum atomic E-state index is -0.331. The minimum absolute atomic E-state index is 0.117. The third kappa shape index (κ3) is 2.29. The molecule has 0 radical (unpaired) electrons. The standard InChI is InChI=1S/C12H12BrClN2O2/c1-7-6-8-9(10(14)15-7)12(18)16(11(8)17)5-3-2-4-13/h6H,2-5H2,1H3. The Morgan fingerprint density at radius 2 is 2.06 bits per heavy atom. The summed E-state index contributed by atoms with van der Waals surface area (Å²) in [5.41, 5.74) is 1.25. The predicted molar refractivity (Wildman–Crippen MR) is 72.4 cm³/mol. The lowest BCUT2D eigenvalue weighted by atomic mass is 10.1. The van der Waals surface area contributed by atoms with Crippen molar-refractivity contribution in [2.24, 2.45) is 0 Å². The molecule has 2 rings (SSSR count). The number of alkyl halides is 1. The van der Waals surface area contributed by atoms with Gasteiger partial charge in [-0.25, -0.2) is 4.98 Å². The Bertz CT molecular complexity index is 519. The second-order valence-electron chi connectivity index (χ2n) is 4.14. The SMILES string of the molecule is Cc1cc2c(c(Cl)n1)C(=O)N(CCCCBr)C2=O. The van der Waals surface area contributed by atoms with Gasteiger partial charge in [-0.05, 0) is 25.8 Å². The minimum Gasteiger partial charge on any atom is -0.274 e. The second-order valence-corrected chi connectivity index (χ2v) is 5.29. The number of pyridine rings is 1. The first-order chi connectivity index (χ1) is 8.56. The molecule has 0 bridgehead atoms. The first-order valence-electron chi connectivity index (χ1n) is 5.65. The topological polar surface area (TPSA) is 50.3 Å². The van der Waals surface area contributed by atoms with Gasteiger partial charge in [-0.15, -0.1) is 0 Å². The zero-order valence-corrected chi connectivity index (χ0v) is 12.2. The fraction of sp³-hybridized carbons (Fsp3) is 0.417. The second kappa shape index (κ2) is 5.36. The van der Waals surface area contributed by atoms with E-state index in [2.05, 4.69) is 20.9 Å². The molecule has 2 heterocycles. The van der Waals surface area contributed by atoms with Crippen LogP contribution >= 0.6 is 27.5 Å². The number of unbranched alkanes of at least 4 members (excludes halogenated alkanes) is 1. The molecule has 18 heavy (non-hydrogen) atoms. The van der Waals surface area contributed by atoms with Crippen molar-refractivity contribution in [3.05, 3.63) is 28.0 Å². The van der Waals surface area contributed by atoms with Gasteiger partial charge >= 0.3 is 0 Å². The van der Waals surface area contributed by atoms with Gasteiger partial charge in [0, 0.05) is 17.6 Å². The Kier molecular flexibility index (Phi) is 4.02. The van der Waals surface area contributed by atoms with Crippen LogP contribution in [0.25, 0.3) is 0 Å². The normalized spacial score (nSPS) is 14.3. The number of hydrogen-bond donors (Lipinski definition) is 0. The maximum Gasteiger partial charge on any atom is 0.264 e. The number of rotatable bonds is 4. The number of nitrogens with zero attached hydrogens (tertiary/aromatic N) is 2. The molecule has 0 unspecified atom stereocenters. The van der Waals surface area contributed by atoms with Crippen molar-refractivity contribution < 1.29 is 9.59 Å². The van der Waals surface area contributed by atoms with Crippen molar-refractivity contribution in [3.8, 4) is 0 Å². The fourth-order valence-electron chi connectivity index (χ4n) is 1.95. The molecule has 1 aliphatic heterocycles. The Morgan fingerprint density at radius 3 is 2.72 bits per heavy atom. The van der Waals surface area contributed by atoms with E-state index in [-0.39, 0.29) is 22.5 Å². The number of imide groups is 1.